The van der Waals surface area contributed by atoms with Crippen LogP contribution in [0.5, 0.6) is 0 Å². The van der Waals surface area contributed by atoms with Crippen molar-refractivity contribution in [2.75, 3.05) is 6.61 Å². The third kappa shape index (κ3) is 25.9. The maximum absolute atomic E-state index is 13.2. The lowest BCUT2D eigenvalue weighted by molar-refractivity contribution is -0.169. The predicted molar refractivity (Wildman–Crippen MR) is 232 cm³/mol. The number of carbonyl (C=O) groups is 2. The van der Waals surface area contributed by atoms with E-state index in [1.54, 1.807) is 0 Å². The van der Waals surface area contributed by atoms with Gasteiger partial charge in [0.25, 0.3) is 5.56 Å². The number of phosphoric ester groups is 1. The molecule has 0 radical (unpaired) electrons. The predicted octanol–water partition coefficient (Wildman–Crippen LogP) is 10.9. The molecule has 0 amide bonds. The van der Waals surface area contributed by atoms with Gasteiger partial charge in [0.1, 0.15) is 6.10 Å². The van der Waals surface area contributed by atoms with Crippen LogP contribution in [-0.4, -0.2) is 56.2 Å². The van der Waals surface area contributed by atoms with Crippen LogP contribution < -0.4 is 11.2 Å². The molecule has 59 heavy (non-hydrogen) atoms. The number of H-pyrrole nitrogens is 1. The first-order chi connectivity index (χ1) is 28.6. The molecular weight excluding hydrogens is 775 g/mol. The Morgan fingerprint density at radius 3 is 1.32 bits per heavy atom. The van der Waals surface area contributed by atoms with Crippen LogP contribution in [0.3, 0.4) is 0 Å². The molecule has 2 heterocycles. The number of aromatic amines is 1. The minimum Gasteiger partial charge on any atom is -0.455 e. The maximum Gasteiger partial charge on any atom is 0.469 e. The van der Waals surface area contributed by atoms with Crippen LogP contribution in [0.2, 0.25) is 0 Å². The molecule has 1 aliphatic heterocycles. The highest BCUT2D eigenvalue weighted by Crippen LogP contribution is 2.40. The molecule has 0 aliphatic carbocycles. The van der Waals surface area contributed by atoms with Crippen molar-refractivity contribution in [1.29, 1.82) is 0 Å². The number of rotatable bonds is 38. The van der Waals surface area contributed by atoms with Gasteiger partial charge < -0.3 is 24.0 Å². The number of nitrogens with zero attached hydrogens (tertiary/aromatic N) is 1. The van der Waals surface area contributed by atoms with Gasteiger partial charge in [-0.2, -0.15) is 0 Å². The second kappa shape index (κ2) is 33.3. The van der Waals surface area contributed by atoms with E-state index in [9.17, 15) is 33.5 Å². The molecule has 342 valence electrons. The lowest BCUT2D eigenvalue weighted by atomic mass is 10.0. The van der Waals surface area contributed by atoms with E-state index >= 15 is 0 Å². The zero-order valence-electron chi connectivity index (χ0n) is 36.8. The summed E-state index contributed by atoms with van der Waals surface area (Å²) in [5.41, 5.74) is -1.51. The standard InChI is InChI=1S/C45H81N2O11P/c1-3-5-7-9-11-13-15-17-19-21-23-25-27-29-31-33-40(49)57-42-38(37-55-59(52,53)54)56-44(47-36-35-39(48)46-45(47)51)43(42)58-41(50)34-32-30-28-26-24-22-20-18-16-14-12-10-8-6-4-2/h35-36,38,42-44H,3-34,37H2,1-2H3,(H,46,48,51)(H2,52,53,54)/t38-,42-,43-,44-/m1/s1. The molecule has 1 fully saturated rings. The Hall–Kier alpha value is -2.31. The van der Waals surface area contributed by atoms with Gasteiger partial charge in [-0.05, 0) is 12.8 Å². The molecular formula is C45H81N2O11P. The van der Waals surface area contributed by atoms with Crippen molar-refractivity contribution in [2.45, 2.75) is 244 Å². The summed E-state index contributed by atoms with van der Waals surface area (Å²) >= 11 is 0. The zero-order chi connectivity index (χ0) is 43.0. The van der Waals surface area contributed by atoms with Crippen molar-refractivity contribution in [2.24, 2.45) is 0 Å². The van der Waals surface area contributed by atoms with Gasteiger partial charge >= 0.3 is 25.5 Å². The van der Waals surface area contributed by atoms with Crippen molar-refractivity contribution in [3.8, 4) is 0 Å². The van der Waals surface area contributed by atoms with E-state index in [0.29, 0.717) is 12.8 Å². The molecule has 0 aromatic carbocycles. The number of nitrogens with one attached hydrogen (secondary N) is 1. The zero-order valence-corrected chi connectivity index (χ0v) is 37.7. The van der Waals surface area contributed by atoms with Crippen LogP contribution in [-0.2, 0) is 32.9 Å². The maximum atomic E-state index is 13.2. The lowest BCUT2D eigenvalue weighted by Crippen LogP contribution is -2.42. The Labute approximate surface area is 354 Å². The summed E-state index contributed by atoms with van der Waals surface area (Å²) in [4.78, 5) is 72.0. The van der Waals surface area contributed by atoms with E-state index in [-0.39, 0.29) is 12.8 Å². The van der Waals surface area contributed by atoms with Crippen molar-refractivity contribution in [3.05, 3.63) is 33.1 Å². The smallest absolute Gasteiger partial charge is 0.455 e. The molecule has 0 bridgehead atoms. The topological polar surface area (TPSA) is 183 Å². The van der Waals surface area contributed by atoms with E-state index in [2.05, 4.69) is 18.8 Å². The highest BCUT2D eigenvalue weighted by atomic mass is 31.2. The number of aromatic nitrogens is 2. The first-order valence-corrected chi connectivity index (χ1v) is 25.1. The quantitative estimate of drug-likeness (QED) is 0.0327. The number of carbonyl (C=O) groups excluding carboxylic acids is 2. The summed E-state index contributed by atoms with van der Waals surface area (Å²) in [6.07, 6.45) is 31.6. The van der Waals surface area contributed by atoms with E-state index in [1.165, 1.54) is 147 Å². The molecule has 0 unspecified atom stereocenters. The fourth-order valence-electron chi connectivity index (χ4n) is 7.83. The molecule has 4 atom stereocenters. The van der Waals surface area contributed by atoms with Gasteiger partial charge in [0.15, 0.2) is 18.4 Å². The molecule has 3 N–H and O–H groups in total. The average Bonchev–Trinajstić information content (AvgIpc) is 3.51. The van der Waals surface area contributed by atoms with Crippen LogP contribution in [0.1, 0.15) is 226 Å². The van der Waals surface area contributed by atoms with Gasteiger partial charge in [0.2, 0.25) is 0 Å². The summed E-state index contributed by atoms with van der Waals surface area (Å²) in [7, 11) is -4.96. The fraction of sp³-hybridized carbons (Fsp3) is 0.867. The third-order valence-corrected chi connectivity index (χ3v) is 11.8. The molecule has 0 saturated carbocycles. The van der Waals surface area contributed by atoms with Gasteiger partial charge in [-0.25, -0.2) is 9.36 Å². The van der Waals surface area contributed by atoms with E-state index in [1.807, 2.05) is 0 Å². The van der Waals surface area contributed by atoms with Crippen LogP contribution >= 0.6 is 7.82 Å². The number of ether oxygens (including phenoxy) is 3. The molecule has 0 spiro atoms. The molecule has 1 aliphatic rings. The Kier molecular flexibility index (Phi) is 29.8. The summed E-state index contributed by atoms with van der Waals surface area (Å²) in [5, 5.41) is 0. The number of hydrogen-bond donors (Lipinski definition) is 3. The highest BCUT2D eigenvalue weighted by molar-refractivity contribution is 7.46. The Bertz CT molecular complexity index is 1400. The van der Waals surface area contributed by atoms with Crippen molar-refractivity contribution in [3.63, 3.8) is 0 Å². The molecule has 14 heteroatoms. The first-order valence-electron chi connectivity index (χ1n) is 23.6. The van der Waals surface area contributed by atoms with Gasteiger partial charge in [0, 0.05) is 25.1 Å². The van der Waals surface area contributed by atoms with Crippen molar-refractivity contribution >= 4 is 19.8 Å². The van der Waals surface area contributed by atoms with Gasteiger partial charge in [-0.3, -0.25) is 28.5 Å². The van der Waals surface area contributed by atoms with E-state index < -0.39 is 62.2 Å². The Morgan fingerprint density at radius 1 is 0.610 bits per heavy atom. The third-order valence-electron chi connectivity index (χ3n) is 11.3. The summed E-state index contributed by atoms with van der Waals surface area (Å²) < 4.78 is 35.0. The SMILES string of the molecule is CCCCCCCCCCCCCCCCCC(=O)O[C@@H]1[C@H](OC(=O)CCCCCCCCCCCCCCCCC)[C@@H](COP(=O)(O)O)O[C@H]1n1ccc(=O)[nH]c1=O. The minimum atomic E-state index is -4.96. The monoisotopic (exact) mass is 857 g/mol. The Morgan fingerprint density at radius 2 is 0.966 bits per heavy atom. The van der Waals surface area contributed by atoms with Gasteiger partial charge in [0.05, 0.1) is 6.61 Å². The van der Waals surface area contributed by atoms with Crippen molar-refractivity contribution < 1.29 is 42.7 Å². The number of esters is 2. The number of hydrogen-bond acceptors (Lipinski definition) is 9. The summed E-state index contributed by atoms with van der Waals surface area (Å²) in [6, 6.07) is 1.09. The summed E-state index contributed by atoms with van der Waals surface area (Å²) in [5.74, 6) is -1.18. The minimum absolute atomic E-state index is 0.0872. The molecule has 1 saturated heterocycles. The second-order valence-electron chi connectivity index (χ2n) is 16.7. The Balaban J connectivity index is 1.84. The largest absolute Gasteiger partial charge is 0.469 e. The second-order valence-corrected chi connectivity index (χ2v) is 17.9. The van der Waals surface area contributed by atoms with Crippen LogP contribution in [0.15, 0.2) is 21.9 Å². The fourth-order valence-corrected chi connectivity index (χ4v) is 8.18. The van der Waals surface area contributed by atoms with Crippen LogP contribution in [0.25, 0.3) is 0 Å². The highest BCUT2D eigenvalue weighted by Gasteiger charge is 2.51. The molecule has 1 aromatic heterocycles. The first kappa shape index (κ1) is 52.8. The molecule has 2 rings (SSSR count). The van der Waals surface area contributed by atoms with Crippen LogP contribution in [0, 0.1) is 0 Å². The molecule has 1 aromatic rings. The normalized spacial score (nSPS) is 18.0. The van der Waals surface area contributed by atoms with E-state index in [4.69, 9.17) is 18.7 Å². The van der Waals surface area contributed by atoms with Crippen molar-refractivity contribution in [1.82, 2.24) is 9.55 Å². The van der Waals surface area contributed by atoms with Crippen LogP contribution in [0.4, 0.5) is 0 Å². The van der Waals surface area contributed by atoms with Gasteiger partial charge in [-0.1, -0.05) is 194 Å². The average molecular weight is 857 g/mol. The van der Waals surface area contributed by atoms with E-state index in [0.717, 1.165) is 49.2 Å². The van der Waals surface area contributed by atoms with Gasteiger partial charge in [-0.15, -0.1) is 0 Å². The summed E-state index contributed by atoms with van der Waals surface area (Å²) in [6.45, 7) is 3.78. The number of phosphoric acid groups is 1. The lowest BCUT2D eigenvalue weighted by Gasteiger charge is -2.25. The molecule has 13 nitrogen and oxygen atoms in total. The number of unbranched alkanes of at least 4 members (excludes halogenated alkanes) is 28.